The normalized spacial score (nSPS) is 25.3. The van der Waals surface area contributed by atoms with Gasteiger partial charge in [-0.2, -0.15) is 26.3 Å². The topological polar surface area (TPSA) is 88.6 Å². The third kappa shape index (κ3) is 6.13. The molecule has 5 rings (SSSR count). The van der Waals surface area contributed by atoms with Gasteiger partial charge in [0.15, 0.2) is 0 Å². The number of carbonyl (C=O) groups excluding carboxylic acids is 1. The Morgan fingerprint density at radius 2 is 1.71 bits per heavy atom. The minimum absolute atomic E-state index is 0.0462. The van der Waals surface area contributed by atoms with E-state index in [2.05, 4.69) is 15.8 Å². The van der Waals surface area contributed by atoms with Crippen LogP contribution in [0.4, 0.5) is 37.0 Å². The summed E-state index contributed by atoms with van der Waals surface area (Å²) in [4.78, 5) is 29.1. The van der Waals surface area contributed by atoms with E-state index in [1.165, 1.54) is 11.8 Å². The molecule has 2 fully saturated rings. The number of hydrogen-bond donors (Lipinski definition) is 2. The quantitative estimate of drug-likeness (QED) is 0.346. The van der Waals surface area contributed by atoms with Gasteiger partial charge in [0, 0.05) is 6.04 Å². The van der Waals surface area contributed by atoms with Crippen molar-refractivity contribution in [1.29, 1.82) is 0 Å². The minimum atomic E-state index is -5.03. The van der Waals surface area contributed by atoms with Crippen LogP contribution in [0.3, 0.4) is 0 Å². The lowest BCUT2D eigenvalue weighted by Crippen LogP contribution is -2.36. The number of halogens is 6. The Bertz CT molecular complexity index is 1340. The van der Waals surface area contributed by atoms with E-state index in [-0.39, 0.29) is 18.7 Å². The largest absolute Gasteiger partial charge is 0.439 e. The molecule has 2 aliphatic heterocycles. The van der Waals surface area contributed by atoms with Gasteiger partial charge in [-0.1, -0.05) is 19.3 Å². The Balaban J connectivity index is 1.47. The van der Waals surface area contributed by atoms with Crippen molar-refractivity contribution in [1.82, 2.24) is 20.3 Å². The van der Waals surface area contributed by atoms with Crippen LogP contribution < -0.4 is 10.8 Å². The summed E-state index contributed by atoms with van der Waals surface area (Å²) in [5.74, 6) is 1.07. The molecule has 14 heteroatoms. The van der Waals surface area contributed by atoms with Crippen molar-refractivity contribution in [2.24, 2.45) is 0 Å². The predicted octanol–water partition coefficient (Wildman–Crippen LogP) is 6.99. The number of nitrogens with one attached hydrogen (secondary N) is 2. The van der Waals surface area contributed by atoms with E-state index in [0.29, 0.717) is 35.1 Å². The summed E-state index contributed by atoms with van der Waals surface area (Å²) < 4.78 is 86.3. The smallest absolute Gasteiger partial charge is 0.416 e. The summed E-state index contributed by atoms with van der Waals surface area (Å²) >= 11 is 0. The number of anilines is 1. The maximum absolute atomic E-state index is 13.5. The molecule has 2 aromatic rings. The van der Waals surface area contributed by atoms with E-state index < -0.39 is 52.8 Å². The van der Waals surface area contributed by atoms with Crippen LogP contribution in [0.5, 0.6) is 0 Å². The number of rotatable bonds is 6. The average molecular weight is 600 g/mol. The van der Waals surface area contributed by atoms with Gasteiger partial charge in [-0.3, -0.25) is 4.90 Å². The SMILES string of the molecule is CC1=CC(C)(c2cnc(NC3CCCCC3)c(CN3C(=O)O[C@H](c4cc(C(F)(F)F)cc(C(F)(F)F)c4)[C@@H]3C)n2)NO1. The molecule has 0 spiro atoms. The fourth-order valence-corrected chi connectivity index (χ4v) is 5.59. The van der Waals surface area contributed by atoms with Crippen molar-refractivity contribution >= 4 is 11.9 Å². The first-order valence-electron chi connectivity index (χ1n) is 13.7. The number of hydrogen-bond acceptors (Lipinski definition) is 7. The van der Waals surface area contributed by atoms with Gasteiger partial charge in [0.2, 0.25) is 0 Å². The molecule has 0 radical (unpaired) electrons. The number of aromatic nitrogens is 2. The Morgan fingerprint density at radius 1 is 1.07 bits per heavy atom. The molecule has 1 saturated heterocycles. The van der Waals surface area contributed by atoms with Gasteiger partial charge in [-0.15, -0.1) is 5.48 Å². The zero-order valence-corrected chi connectivity index (χ0v) is 23.2. The first-order valence-corrected chi connectivity index (χ1v) is 13.7. The molecular formula is C28H31F6N5O3. The number of allylic oxidation sites excluding steroid dienone is 1. The lowest BCUT2D eigenvalue weighted by atomic mass is 9.95. The highest BCUT2D eigenvalue weighted by molar-refractivity contribution is 5.71. The van der Waals surface area contributed by atoms with E-state index in [9.17, 15) is 31.1 Å². The molecule has 0 bridgehead atoms. The van der Waals surface area contributed by atoms with Crippen LogP contribution in [0.15, 0.2) is 36.2 Å². The Hall–Kier alpha value is -3.55. The number of hydroxylamine groups is 1. The molecule has 1 aromatic heterocycles. The summed E-state index contributed by atoms with van der Waals surface area (Å²) in [7, 11) is 0. The summed E-state index contributed by atoms with van der Waals surface area (Å²) in [6.07, 6.45) is -3.81. The van der Waals surface area contributed by atoms with Crippen molar-refractivity contribution in [2.45, 2.75) is 95.5 Å². The zero-order valence-electron chi connectivity index (χ0n) is 23.2. The van der Waals surface area contributed by atoms with Crippen LogP contribution >= 0.6 is 0 Å². The second-order valence-corrected chi connectivity index (χ2v) is 11.2. The number of benzene rings is 1. The number of nitrogens with zero attached hydrogens (tertiary/aromatic N) is 3. The third-order valence-electron chi connectivity index (χ3n) is 7.89. The second-order valence-electron chi connectivity index (χ2n) is 11.2. The highest BCUT2D eigenvalue weighted by atomic mass is 19.4. The van der Waals surface area contributed by atoms with Crippen LogP contribution in [0.2, 0.25) is 0 Å². The average Bonchev–Trinajstić information content (AvgIpc) is 3.42. The van der Waals surface area contributed by atoms with E-state index in [4.69, 9.17) is 14.6 Å². The van der Waals surface area contributed by atoms with Crippen molar-refractivity contribution < 1.29 is 40.7 Å². The summed E-state index contributed by atoms with van der Waals surface area (Å²) in [6.45, 7) is 4.97. The standard InChI is InChI=1S/C28H31F6N5O3/c1-15-12-26(3,38-42-15)22-13-35-24(36-20-7-5-4-6-8-20)21(37-22)14-39-16(2)23(41-25(39)40)17-9-18(27(29,30)31)11-19(10-17)28(32,33)34/h9-13,16,20,23,38H,4-8,14H2,1-3H3,(H,35,36)/t16-,23-,26?/m0/s1. The fourth-order valence-electron chi connectivity index (χ4n) is 5.59. The number of carbonyl (C=O) groups is 1. The molecule has 1 unspecified atom stereocenters. The number of cyclic esters (lactones) is 1. The third-order valence-corrected chi connectivity index (χ3v) is 7.89. The summed E-state index contributed by atoms with van der Waals surface area (Å²) in [5.41, 5.74) is -0.406. The van der Waals surface area contributed by atoms with E-state index in [1.807, 2.05) is 13.0 Å². The number of alkyl halides is 6. The van der Waals surface area contributed by atoms with Gasteiger partial charge in [-0.05, 0) is 63.5 Å². The molecule has 1 saturated carbocycles. The highest BCUT2D eigenvalue weighted by Gasteiger charge is 2.44. The maximum atomic E-state index is 13.5. The summed E-state index contributed by atoms with van der Waals surface area (Å²) in [5, 5.41) is 3.41. The van der Waals surface area contributed by atoms with Gasteiger partial charge >= 0.3 is 18.4 Å². The van der Waals surface area contributed by atoms with Crippen molar-refractivity contribution in [3.8, 4) is 0 Å². The molecule has 2 N–H and O–H groups in total. The van der Waals surface area contributed by atoms with Gasteiger partial charge in [-0.25, -0.2) is 14.8 Å². The number of amides is 1. The van der Waals surface area contributed by atoms with Gasteiger partial charge in [0.25, 0.3) is 0 Å². The van der Waals surface area contributed by atoms with Gasteiger partial charge < -0.3 is 14.9 Å². The first-order chi connectivity index (χ1) is 19.6. The molecule has 3 aliphatic rings. The molecule has 3 atom stereocenters. The molecular weight excluding hydrogens is 568 g/mol. The van der Waals surface area contributed by atoms with Crippen molar-refractivity contribution in [2.75, 3.05) is 5.32 Å². The number of ether oxygens (including phenoxy) is 1. The molecule has 3 heterocycles. The Labute approximate surface area is 238 Å². The molecule has 8 nitrogen and oxygen atoms in total. The Morgan fingerprint density at radius 3 is 2.29 bits per heavy atom. The lowest BCUT2D eigenvalue weighted by Gasteiger charge is -2.27. The molecule has 228 valence electrons. The first kappa shape index (κ1) is 29.9. The molecule has 1 amide bonds. The summed E-state index contributed by atoms with van der Waals surface area (Å²) in [6, 6.07) is 0.450. The predicted molar refractivity (Wildman–Crippen MR) is 139 cm³/mol. The van der Waals surface area contributed by atoms with E-state index >= 15 is 0 Å². The van der Waals surface area contributed by atoms with Crippen molar-refractivity contribution in [3.63, 3.8) is 0 Å². The second kappa shape index (κ2) is 10.9. The lowest BCUT2D eigenvalue weighted by molar-refractivity contribution is -0.143. The molecule has 42 heavy (non-hydrogen) atoms. The van der Waals surface area contributed by atoms with Crippen molar-refractivity contribution in [3.05, 3.63) is 64.3 Å². The maximum Gasteiger partial charge on any atom is 0.416 e. The monoisotopic (exact) mass is 599 g/mol. The van der Waals surface area contributed by atoms with Crippen LogP contribution in [0, 0.1) is 0 Å². The van der Waals surface area contributed by atoms with Crippen LogP contribution in [-0.4, -0.2) is 33.0 Å². The Kier molecular flexibility index (Phi) is 7.79. The molecule has 1 aromatic carbocycles. The van der Waals surface area contributed by atoms with Crippen LogP contribution in [-0.2, 0) is 34.0 Å². The zero-order chi connectivity index (χ0) is 30.4. The highest BCUT2D eigenvalue weighted by Crippen LogP contribution is 2.41. The van der Waals surface area contributed by atoms with E-state index in [1.54, 1.807) is 13.1 Å². The van der Waals surface area contributed by atoms with Crippen LogP contribution in [0.1, 0.15) is 87.1 Å². The van der Waals surface area contributed by atoms with Gasteiger partial charge in [0.05, 0.1) is 35.6 Å². The van der Waals surface area contributed by atoms with Gasteiger partial charge in [0.1, 0.15) is 28.9 Å². The van der Waals surface area contributed by atoms with E-state index in [0.717, 1.165) is 32.1 Å². The fraction of sp³-hybridized carbons (Fsp3) is 0.536. The molecule has 1 aliphatic carbocycles. The van der Waals surface area contributed by atoms with Crippen LogP contribution in [0.25, 0.3) is 0 Å². The minimum Gasteiger partial charge on any atom is -0.439 e.